The van der Waals surface area contributed by atoms with Crippen molar-refractivity contribution in [2.24, 2.45) is 12.5 Å². The molecule has 0 aliphatic carbocycles. The van der Waals surface area contributed by atoms with Crippen LogP contribution in [0.15, 0.2) is 54.7 Å². The fourth-order valence-corrected chi connectivity index (χ4v) is 4.55. The smallest absolute Gasteiger partial charge is 0.257 e. The molecule has 1 aliphatic rings. The molecule has 0 amide bonds. The first-order valence-electron chi connectivity index (χ1n) is 9.98. The first kappa shape index (κ1) is 17.2. The third-order valence-corrected chi connectivity index (χ3v) is 5.66. The van der Waals surface area contributed by atoms with Crippen molar-refractivity contribution in [1.29, 1.82) is 0 Å². The minimum absolute atomic E-state index is 0.270. The number of hydrogen-bond donors (Lipinski definition) is 0. The van der Waals surface area contributed by atoms with E-state index in [1.165, 1.54) is 38.2 Å². The fourth-order valence-electron chi connectivity index (χ4n) is 4.55. The van der Waals surface area contributed by atoms with Crippen LogP contribution in [0.1, 0.15) is 31.9 Å². The van der Waals surface area contributed by atoms with E-state index in [1.54, 1.807) is 0 Å². The molecule has 0 spiro atoms. The van der Waals surface area contributed by atoms with Crippen molar-refractivity contribution >= 4 is 21.5 Å². The summed E-state index contributed by atoms with van der Waals surface area (Å²) in [5.74, 6) is 1.92. The highest BCUT2D eigenvalue weighted by Gasteiger charge is 2.31. The Morgan fingerprint density at radius 3 is 2.57 bits per heavy atom. The summed E-state index contributed by atoms with van der Waals surface area (Å²) in [5, 5.41) is 4.85. The number of rotatable bonds is 1. The Bertz CT molecular complexity index is 1260. The maximum Gasteiger partial charge on any atom is 0.257 e. The summed E-state index contributed by atoms with van der Waals surface area (Å²) >= 11 is 0. The molecule has 28 heavy (non-hydrogen) atoms. The molecule has 4 aromatic rings. The summed E-state index contributed by atoms with van der Waals surface area (Å²) < 4.78 is 8.75. The molecule has 1 aromatic heterocycles. The molecule has 0 unspecified atom stereocenters. The van der Waals surface area contributed by atoms with E-state index in [1.807, 2.05) is 0 Å². The average Bonchev–Trinajstić information content (AvgIpc) is 2.62. The van der Waals surface area contributed by atoms with Crippen LogP contribution in [0, 0.1) is 12.3 Å². The quantitative estimate of drug-likeness (QED) is 0.308. The van der Waals surface area contributed by atoms with Gasteiger partial charge in [0.25, 0.3) is 5.69 Å². The Morgan fingerprint density at radius 1 is 0.964 bits per heavy atom. The van der Waals surface area contributed by atoms with Gasteiger partial charge >= 0.3 is 0 Å². The Labute approximate surface area is 166 Å². The zero-order valence-corrected chi connectivity index (χ0v) is 17.3. The van der Waals surface area contributed by atoms with E-state index in [2.05, 4.69) is 94.0 Å². The van der Waals surface area contributed by atoms with E-state index in [0.29, 0.717) is 0 Å². The van der Waals surface area contributed by atoms with Gasteiger partial charge < -0.3 is 4.74 Å². The maximum atomic E-state index is 6.52. The number of benzene rings is 3. The minimum Gasteiger partial charge on any atom is -0.449 e. The van der Waals surface area contributed by atoms with Crippen LogP contribution in [0.3, 0.4) is 0 Å². The number of fused-ring (bicyclic) bond motifs is 4. The average molecular weight is 369 g/mol. The van der Waals surface area contributed by atoms with E-state index in [-0.39, 0.29) is 5.41 Å². The Hall–Kier alpha value is -2.87. The lowest BCUT2D eigenvalue weighted by molar-refractivity contribution is -0.659. The predicted molar refractivity (Wildman–Crippen MR) is 116 cm³/mol. The van der Waals surface area contributed by atoms with Gasteiger partial charge in [-0.3, -0.25) is 0 Å². The van der Waals surface area contributed by atoms with E-state index < -0.39 is 0 Å². The molecule has 0 saturated carbocycles. The monoisotopic (exact) mass is 368 g/mol. The van der Waals surface area contributed by atoms with Gasteiger partial charge in [0.1, 0.15) is 12.8 Å². The Morgan fingerprint density at radius 2 is 1.79 bits per heavy atom. The molecule has 2 nitrogen and oxygen atoms in total. The summed E-state index contributed by atoms with van der Waals surface area (Å²) in [6.07, 6.45) is 3.31. The zero-order chi connectivity index (χ0) is 19.6. The lowest BCUT2D eigenvalue weighted by atomic mass is 9.87. The molecule has 5 rings (SSSR count). The van der Waals surface area contributed by atoms with Gasteiger partial charge in [-0.25, -0.2) is 0 Å². The van der Waals surface area contributed by atoms with Crippen molar-refractivity contribution in [1.82, 2.24) is 0 Å². The molecule has 2 heterocycles. The van der Waals surface area contributed by atoms with Crippen molar-refractivity contribution < 1.29 is 9.30 Å². The summed E-state index contributed by atoms with van der Waals surface area (Å²) in [7, 11) is 2.13. The van der Waals surface area contributed by atoms with Gasteiger partial charge in [-0.15, -0.1) is 0 Å². The molecule has 140 valence electrons. The van der Waals surface area contributed by atoms with Crippen LogP contribution in [0.5, 0.6) is 11.5 Å². The second-order valence-corrected chi connectivity index (χ2v) is 9.29. The van der Waals surface area contributed by atoms with Gasteiger partial charge in [0, 0.05) is 16.2 Å². The predicted octanol–water partition coefficient (Wildman–Crippen LogP) is 6.49. The van der Waals surface area contributed by atoms with Gasteiger partial charge in [-0.2, -0.15) is 4.57 Å². The topological polar surface area (TPSA) is 13.1 Å². The van der Waals surface area contributed by atoms with Crippen LogP contribution in [-0.2, 0) is 13.5 Å². The van der Waals surface area contributed by atoms with Crippen molar-refractivity contribution in [2.75, 3.05) is 0 Å². The standard InChI is InChI=1S/C26H26NO/c1-16-9-11-18-7-6-8-21-23(18)22(16)24-25(28-21)20-12-10-17(14-26(2,3)4)13-19(20)15-27(24)5/h6-13,15H,14H2,1-5H3/q+1. The molecular weight excluding hydrogens is 342 g/mol. The summed E-state index contributed by atoms with van der Waals surface area (Å²) in [6, 6.07) is 17.5. The van der Waals surface area contributed by atoms with Crippen LogP contribution in [0.25, 0.3) is 32.8 Å². The van der Waals surface area contributed by atoms with Crippen molar-refractivity contribution in [3.8, 4) is 22.8 Å². The number of hydrogen-bond acceptors (Lipinski definition) is 1. The summed E-state index contributed by atoms with van der Waals surface area (Å²) in [6.45, 7) is 9.05. The lowest BCUT2D eigenvalue weighted by Crippen LogP contribution is -2.32. The second-order valence-electron chi connectivity index (χ2n) is 9.29. The van der Waals surface area contributed by atoms with Gasteiger partial charge in [0.2, 0.25) is 5.75 Å². The molecule has 0 atom stereocenters. The van der Waals surface area contributed by atoms with E-state index in [9.17, 15) is 0 Å². The zero-order valence-electron chi connectivity index (χ0n) is 17.3. The molecule has 1 aliphatic heterocycles. The second kappa shape index (κ2) is 5.81. The van der Waals surface area contributed by atoms with Crippen molar-refractivity contribution in [2.45, 2.75) is 34.1 Å². The van der Waals surface area contributed by atoms with Crippen molar-refractivity contribution in [3.05, 3.63) is 65.9 Å². The SMILES string of the molecule is Cc1ccc2cccc3c2c1-c1c(c2ccc(CC(C)(C)C)cc2c[n+]1C)O3. The van der Waals surface area contributed by atoms with Crippen LogP contribution < -0.4 is 9.30 Å². The van der Waals surface area contributed by atoms with Gasteiger partial charge in [-0.1, -0.05) is 51.1 Å². The third kappa shape index (κ3) is 2.59. The number of pyridine rings is 1. The maximum absolute atomic E-state index is 6.52. The fraction of sp³-hybridized carbons (Fsp3) is 0.269. The molecular formula is C26H26NO+. The van der Waals surface area contributed by atoms with Crippen LogP contribution in [0.2, 0.25) is 0 Å². The number of nitrogens with zero attached hydrogens (tertiary/aromatic N) is 1. The third-order valence-electron chi connectivity index (χ3n) is 5.66. The highest BCUT2D eigenvalue weighted by molar-refractivity contribution is 6.06. The van der Waals surface area contributed by atoms with Crippen LogP contribution in [0.4, 0.5) is 0 Å². The molecule has 2 heteroatoms. The molecule has 3 aromatic carbocycles. The lowest BCUT2D eigenvalue weighted by Gasteiger charge is -2.22. The van der Waals surface area contributed by atoms with Crippen molar-refractivity contribution in [3.63, 3.8) is 0 Å². The first-order valence-corrected chi connectivity index (χ1v) is 9.98. The molecule has 0 saturated heterocycles. The molecule has 0 bridgehead atoms. The highest BCUT2D eigenvalue weighted by Crippen LogP contribution is 2.48. The van der Waals surface area contributed by atoms with Crippen LogP contribution >= 0.6 is 0 Å². The Balaban J connectivity index is 1.81. The number of aryl methyl sites for hydroxylation is 2. The van der Waals surface area contributed by atoms with Gasteiger partial charge in [0.05, 0.1) is 5.56 Å². The molecule has 0 fully saturated rings. The molecule has 0 N–H and O–H groups in total. The van der Waals surface area contributed by atoms with Gasteiger partial charge in [-0.05, 0) is 53.5 Å². The number of aromatic nitrogens is 1. The first-order chi connectivity index (χ1) is 13.3. The largest absolute Gasteiger partial charge is 0.449 e. The minimum atomic E-state index is 0.270. The summed E-state index contributed by atoms with van der Waals surface area (Å²) in [4.78, 5) is 0. The molecule has 0 radical (unpaired) electrons. The van der Waals surface area contributed by atoms with E-state index in [0.717, 1.165) is 23.6 Å². The Kier molecular flexibility index (Phi) is 3.58. The van der Waals surface area contributed by atoms with Gasteiger partial charge in [0.15, 0.2) is 6.20 Å². The van der Waals surface area contributed by atoms with Crippen LogP contribution in [-0.4, -0.2) is 0 Å². The number of ether oxygens (including phenoxy) is 1. The van der Waals surface area contributed by atoms with E-state index in [4.69, 9.17) is 4.74 Å². The highest BCUT2D eigenvalue weighted by atomic mass is 16.5. The normalized spacial score (nSPS) is 12.9. The summed E-state index contributed by atoms with van der Waals surface area (Å²) in [5.41, 5.74) is 5.38. The van der Waals surface area contributed by atoms with E-state index >= 15 is 0 Å².